The number of phenols is 2. The third-order valence-electron chi connectivity index (χ3n) is 4.10. The molecule has 1 atom stereocenters. The Morgan fingerprint density at radius 3 is 2.26 bits per heavy atom. The summed E-state index contributed by atoms with van der Waals surface area (Å²) in [7, 11) is 0. The van der Waals surface area contributed by atoms with Gasteiger partial charge in [-0.1, -0.05) is 24.3 Å². The maximum atomic E-state index is 12.2. The molecule has 1 unspecified atom stereocenters. The molecule has 7 heteroatoms. The van der Waals surface area contributed by atoms with Crippen LogP contribution in [0.4, 0.5) is 0 Å². The van der Waals surface area contributed by atoms with Gasteiger partial charge in [-0.25, -0.2) is 4.98 Å². The Morgan fingerprint density at radius 1 is 1.04 bits per heavy atom. The number of amides is 1. The van der Waals surface area contributed by atoms with E-state index in [9.17, 15) is 15.0 Å². The maximum absolute atomic E-state index is 12.2. The molecular weight excluding hydrogens is 346 g/mol. The average molecular weight is 367 g/mol. The molecule has 1 aromatic heterocycles. The fraction of sp³-hybridized carbons (Fsp3) is 0.200. The van der Waals surface area contributed by atoms with Crippen LogP contribution in [0.1, 0.15) is 33.5 Å². The summed E-state index contributed by atoms with van der Waals surface area (Å²) in [5.74, 6) is 0.351. The van der Waals surface area contributed by atoms with Gasteiger partial charge >= 0.3 is 0 Å². The minimum atomic E-state index is -0.493. The molecule has 0 bridgehead atoms. The number of nitrogens with two attached hydrogens (primary N) is 1. The van der Waals surface area contributed by atoms with Crippen molar-refractivity contribution in [3.63, 3.8) is 0 Å². The Morgan fingerprint density at radius 2 is 1.63 bits per heavy atom. The lowest BCUT2D eigenvalue weighted by Gasteiger charge is -2.07. The van der Waals surface area contributed by atoms with E-state index in [4.69, 9.17) is 10.2 Å². The van der Waals surface area contributed by atoms with E-state index in [1.54, 1.807) is 48.5 Å². The molecule has 1 amide bonds. The molecule has 0 spiro atoms. The van der Waals surface area contributed by atoms with E-state index in [0.717, 1.165) is 11.1 Å². The summed E-state index contributed by atoms with van der Waals surface area (Å²) in [6.07, 6.45) is 2.40. The molecule has 3 aromatic rings. The van der Waals surface area contributed by atoms with E-state index < -0.39 is 6.04 Å². The molecule has 0 fully saturated rings. The highest BCUT2D eigenvalue weighted by atomic mass is 16.3. The number of aromatic hydroxyl groups is 2. The van der Waals surface area contributed by atoms with Crippen molar-refractivity contribution >= 4 is 5.91 Å². The van der Waals surface area contributed by atoms with E-state index in [2.05, 4.69) is 10.3 Å². The number of carbonyl (C=O) groups is 1. The summed E-state index contributed by atoms with van der Waals surface area (Å²) < 4.78 is 5.35. The van der Waals surface area contributed by atoms with Crippen LogP contribution in [-0.2, 0) is 12.8 Å². The van der Waals surface area contributed by atoms with E-state index in [1.165, 1.54) is 6.26 Å². The molecule has 0 saturated heterocycles. The van der Waals surface area contributed by atoms with Crippen LogP contribution in [0.25, 0.3) is 0 Å². The minimum absolute atomic E-state index is 0.178. The first-order chi connectivity index (χ1) is 13.0. The minimum Gasteiger partial charge on any atom is -0.508 e. The molecular formula is C20H21N3O4. The predicted molar refractivity (Wildman–Crippen MR) is 99.4 cm³/mol. The number of oxazole rings is 1. The SMILES string of the molecule is NC(Cc1ccc(O)cc1)c1nc(C(=O)NCCc2ccc(O)cc2)co1. The Hall–Kier alpha value is -3.32. The van der Waals surface area contributed by atoms with Gasteiger partial charge in [0.2, 0.25) is 5.89 Å². The van der Waals surface area contributed by atoms with Crippen molar-refractivity contribution in [2.75, 3.05) is 6.54 Å². The number of phenolic OH excluding ortho intramolecular Hbond substituents is 2. The van der Waals surface area contributed by atoms with Gasteiger partial charge in [0.1, 0.15) is 17.8 Å². The Balaban J connectivity index is 1.52. The summed E-state index contributed by atoms with van der Waals surface area (Å²) in [5, 5.41) is 21.3. The van der Waals surface area contributed by atoms with Gasteiger partial charge in [0, 0.05) is 6.54 Å². The zero-order chi connectivity index (χ0) is 19.2. The van der Waals surface area contributed by atoms with Crippen LogP contribution in [0.15, 0.2) is 59.2 Å². The highest BCUT2D eigenvalue weighted by Crippen LogP contribution is 2.18. The largest absolute Gasteiger partial charge is 0.508 e. The molecule has 1 heterocycles. The number of hydrogen-bond donors (Lipinski definition) is 4. The molecule has 3 rings (SSSR count). The smallest absolute Gasteiger partial charge is 0.273 e. The van der Waals surface area contributed by atoms with Crippen LogP contribution in [0.2, 0.25) is 0 Å². The predicted octanol–water partition coefficient (Wildman–Crippen LogP) is 2.30. The lowest BCUT2D eigenvalue weighted by atomic mass is 10.1. The zero-order valence-corrected chi connectivity index (χ0v) is 14.6. The zero-order valence-electron chi connectivity index (χ0n) is 14.6. The lowest BCUT2D eigenvalue weighted by Crippen LogP contribution is -2.26. The van der Waals surface area contributed by atoms with Crippen molar-refractivity contribution in [1.82, 2.24) is 10.3 Å². The summed E-state index contributed by atoms with van der Waals surface area (Å²) in [6.45, 7) is 0.436. The Kier molecular flexibility index (Phi) is 5.73. The summed E-state index contributed by atoms with van der Waals surface area (Å²) in [6, 6.07) is 13.1. The lowest BCUT2D eigenvalue weighted by molar-refractivity contribution is 0.0949. The Bertz CT molecular complexity index is 888. The number of nitrogens with one attached hydrogen (secondary N) is 1. The number of hydrogen-bond acceptors (Lipinski definition) is 6. The van der Waals surface area contributed by atoms with Gasteiger partial charge in [0.05, 0.1) is 6.04 Å². The monoisotopic (exact) mass is 367 g/mol. The third kappa shape index (κ3) is 5.08. The fourth-order valence-electron chi connectivity index (χ4n) is 2.61. The molecule has 140 valence electrons. The molecule has 0 saturated carbocycles. The number of benzene rings is 2. The number of carbonyl (C=O) groups excluding carboxylic acids is 1. The quantitative estimate of drug-likeness (QED) is 0.508. The first-order valence-corrected chi connectivity index (χ1v) is 8.56. The highest BCUT2D eigenvalue weighted by molar-refractivity contribution is 5.91. The number of aromatic nitrogens is 1. The van der Waals surface area contributed by atoms with Crippen LogP contribution in [0.3, 0.4) is 0 Å². The Labute approximate surface area is 156 Å². The normalized spacial score (nSPS) is 11.9. The molecule has 27 heavy (non-hydrogen) atoms. The van der Waals surface area contributed by atoms with Crippen LogP contribution in [0.5, 0.6) is 11.5 Å². The van der Waals surface area contributed by atoms with Crippen molar-refractivity contribution in [3.8, 4) is 11.5 Å². The van der Waals surface area contributed by atoms with Crippen molar-refractivity contribution in [2.24, 2.45) is 5.73 Å². The standard InChI is InChI=1S/C20H21N3O4/c21-17(11-14-3-7-16(25)8-4-14)20-23-18(12-27-20)19(26)22-10-9-13-1-5-15(24)6-2-13/h1-8,12,17,24-25H,9-11,21H2,(H,22,26). The summed E-state index contributed by atoms with van der Waals surface area (Å²) >= 11 is 0. The molecule has 0 aliphatic rings. The second-order valence-corrected chi connectivity index (χ2v) is 6.22. The van der Waals surface area contributed by atoms with Crippen molar-refractivity contribution in [1.29, 1.82) is 0 Å². The summed E-state index contributed by atoms with van der Waals surface area (Å²) in [5.41, 5.74) is 8.21. The van der Waals surface area contributed by atoms with Gasteiger partial charge < -0.3 is 25.7 Å². The highest BCUT2D eigenvalue weighted by Gasteiger charge is 2.17. The molecule has 7 nitrogen and oxygen atoms in total. The number of rotatable bonds is 7. The molecule has 0 radical (unpaired) electrons. The fourth-order valence-corrected chi connectivity index (χ4v) is 2.61. The van der Waals surface area contributed by atoms with Crippen LogP contribution in [-0.4, -0.2) is 27.6 Å². The summed E-state index contributed by atoms with van der Waals surface area (Å²) in [4.78, 5) is 16.4. The van der Waals surface area contributed by atoms with Crippen molar-refractivity contribution in [2.45, 2.75) is 18.9 Å². The van der Waals surface area contributed by atoms with Crippen molar-refractivity contribution < 1.29 is 19.4 Å². The van der Waals surface area contributed by atoms with Gasteiger partial charge in [0.15, 0.2) is 5.69 Å². The van der Waals surface area contributed by atoms with E-state index in [0.29, 0.717) is 19.4 Å². The van der Waals surface area contributed by atoms with Crippen LogP contribution < -0.4 is 11.1 Å². The van der Waals surface area contributed by atoms with Crippen LogP contribution >= 0.6 is 0 Å². The van der Waals surface area contributed by atoms with Crippen LogP contribution in [0, 0.1) is 0 Å². The van der Waals surface area contributed by atoms with Gasteiger partial charge in [0.25, 0.3) is 5.91 Å². The van der Waals surface area contributed by atoms with Gasteiger partial charge in [-0.2, -0.15) is 0 Å². The van der Waals surface area contributed by atoms with Gasteiger partial charge in [-0.05, 0) is 48.2 Å². The van der Waals surface area contributed by atoms with Gasteiger partial charge in [-0.3, -0.25) is 4.79 Å². The van der Waals surface area contributed by atoms with Crippen molar-refractivity contribution in [3.05, 3.63) is 77.5 Å². The second kappa shape index (κ2) is 8.37. The average Bonchev–Trinajstić information content (AvgIpc) is 3.16. The van der Waals surface area contributed by atoms with E-state index in [1.807, 2.05) is 0 Å². The molecule has 0 aliphatic heterocycles. The second-order valence-electron chi connectivity index (χ2n) is 6.22. The first-order valence-electron chi connectivity index (χ1n) is 8.56. The first kappa shape index (κ1) is 18.5. The van der Waals surface area contributed by atoms with E-state index in [-0.39, 0.29) is 29.0 Å². The molecule has 5 N–H and O–H groups in total. The molecule has 0 aliphatic carbocycles. The number of nitrogens with zero attached hydrogens (tertiary/aromatic N) is 1. The third-order valence-corrected chi connectivity index (χ3v) is 4.10. The van der Waals surface area contributed by atoms with E-state index >= 15 is 0 Å². The molecule has 2 aromatic carbocycles. The maximum Gasteiger partial charge on any atom is 0.273 e. The topological polar surface area (TPSA) is 122 Å². The van der Waals surface area contributed by atoms with Gasteiger partial charge in [-0.15, -0.1) is 0 Å².